The molecule has 96 valence electrons. The van der Waals surface area contributed by atoms with Crippen molar-refractivity contribution >= 4 is 11.8 Å². The molecule has 1 rings (SSSR count). The summed E-state index contributed by atoms with van der Waals surface area (Å²) in [5.74, 6) is -0.0758. The first-order valence-electron chi connectivity index (χ1n) is 5.98. The van der Waals surface area contributed by atoms with E-state index in [1.165, 1.54) is 0 Å². The highest BCUT2D eigenvalue weighted by Crippen LogP contribution is 2.24. The van der Waals surface area contributed by atoms with E-state index in [9.17, 15) is 9.59 Å². The van der Waals surface area contributed by atoms with Gasteiger partial charge in [-0.15, -0.1) is 6.58 Å². The van der Waals surface area contributed by atoms with Crippen LogP contribution in [-0.2, 0) is 9.59 Å². The number of amides is 2. The van der Waals surface area contributed by atoms with Crippen LogP contribution in [0.5, 0.6) is 0 Å². The molecule has 0 aromatic carbocycles. The Balaban J connectivity index is 3.04. The van der Waals surface area contributed by atoms with Gasteiger partial charge in [-0.1, -0.05) is 26.8 Å². The highest BCUT2D eigenvalue weighted by Gasteiger charge is 2.39. The summed E-state index contributed by atoms with van der Waals surface area (Å²) in [7, 11) is 0. The predicted molar refractivity (Wildman–Crippen MR) is 67.4 cm³/mol. The Labute approximate surface area is 103 Å². The highest BCUT2D eigenvalue weighted by atomic mass is 16.2. The normalized spacial score (nSPS) is 26.5. The number of nitrogens with zero attached hydrogens (tertiary/aromatic N) is 1. The molecule has 17 heavy (non-hydrogen) atoms. The maximum Gasteiger partial charge on any atom is 0.246 e. The third kappa shape index (κ3) is 3.08. The van der Waals surface area contributed by atoms with Crippen molar-refractivity contribution in [1.29, 1.82) is 0 Å². The molecule has 1 saturated heterocycles. The molecule has 0 saturated carbocycles. The summed E-state index contributed by atoms with van der Waals surface area (Å²) in [6, 6.07) is -0.534. The second-order valence-electron chi connectivity index (χ2n) is 5.70. The quantitative estimate of drug-likeness (QED) is 0.738. The fraction of sp³-hybridized carbons (Fsp3) is 0.692. The third-order valence-corrected chi connectivity index (χ3v) is 3.04. The molecule has 2 unspecified atom stereocenters. The van der Waals surface area contributed by atoms with Crippen molar-refractivity contribution < 1.29 is 9.59 Å². The fourth-order valence-electron chi connectivity index (χ4n) is 2.04. The number of hydrogen-bond acceptors (Lipinski definition) is 2. The Morgan fingerprint density at radius 1 is 1.47 bits per heavy atom. The molecule has 0 aromatic rings. The minimum Gasteiger partial charge on any atom is -0.344 e. The van der Waals surface area contributed by atoms with Crippen molar-refractivity contribution in [3.63, 3.8) is 0 Å². The zero-order valence-corrected chi connectivity index (χ0v) is 11.1. The largest absolute Gasteiger partial charge is 0.344 e. The van der Waals surface area contributed by atoms with Crippen LogP contribution in [0.3, 0.4) is 0 Å². The van der Waals surface area contributed by atoms with Gasteiger partial charge in [-0.3, -0.25) is 9.59 Å². The van der Waals surface area contributed by atoms with Gasteiger partial charge in [0.1, 0.15) is 6.04 Å². The zero-order chi connectivity index (χ0) is 13.2. The summed E-state index contributed by atoms with van der Waals surface area (Å²) in [6.07, 6.45) is 2.05. The molecule has 1 N–H and O–H groups in total. The standard InChI is InChI=1S/C13H22N2O2/c1-6-7-15-9(2)8-10(16)14-11(12(15)17)13(3,4)5/h6,9,11H,1,7-8H2,2-5H3,(H,14,16). The number of carbonyl (C=O) groups excluding carboxylic acids is 2. The van der Waals surface area contributed by atoms with Crippen molar-refractivity contribution in [2.75, 3.05) is 6.54 Å². The van der Waals surface area contributed by atoms with Crippen molar-refractivity contribution in [3.05, 3.63) is 12.7 Å². The van der Waals surface area contributed by atoms with Gasteiger partial charge in [0.25, 0.3) is 0 Å². The van der Waals surface area contributed by atoms with Crippen LogP contribution in [0.15, 0.2) is 12.7 Å². The van der Waals surface area contributed by atoms with E-state index in [0.717, 1.165) is 0 Å². The molecule has 4 heteroatoms. The lowest BCUT2D eigenvalue weighted by Crippen LogP contribution is -2.52. The Morgan fingerprint density at radius 2 is 2.06 bits per heavy atom. The summed E-state index contributed by atoms with van der Waals surface area (Å²) < 4.78 is 0. The number of rotatable bonds is 2. The van der Waals surface area contributed by atoms with Gasteiger partial charge in [0.2, 0.25) is 11.8 Å². The molecule has 0 spiro atoms. The number of carbonyl (C=O) groups is 2. The van der Waals surface area contributed by atoms with Crippen molar-refractivity contribution in [2.45, 2.75) is 46.2 Å². The number of nitrogens with one attached hydrogen (secondary N) is 1. The van der Waals surface area contributed by atoms with Gasteiger partial charge >= 0.3 is 0 Å². The summed E-state index contributed by atoms with van der Waals surface area (Å²) in [4.78, 5) is 25.9. The first kappa shape index (κ1) is 13.7. The lowest BCUT2D eigenvalue weighted by Gasteiger charge is -2.33. The molecular formula is C13H22N2O2. The van der Waals surface area contributed by atoms with Crippen LogP contribution in [0.1, 0.15) is 34.1 Å². The minimum absolute atomic E-state index is 0.0178. The molecule has 0 bridgehead atoms. The lowest BCUT2D eigenvalue weighted by atomic mass is 9.86. The molecular weight excluding hydrogens is 216 g/mol. The predicted octanol–water partition coefficient (Wildman–Crippen LogP) is 1.32. The van der Waals surface area contributed by atoms with E-state index < -0.39 is 6.04 Å². The van der Waals surface area contributed by atoms with Gasteiger partial charge in [0.05, 0.1) is 0 Å². The van der Waals surface area contributed by atoms with Gasteiger partial charge in [-0.05, 0) is 12.3 Å². The van der Waals surface area contributed by atoms with Crippen LogP contribution >= 0.6 is 0 Å². The molecule has 4 nitrogen and oxygen atoms in total. The Hall–Kier alpha value is -1.32. The summed E-state index contributed by atoms with van der Waals surface area (Å²) in [6.45, 7) is 11.9. The number of hydrogen-bond donors (Lipinski definition) is 1. The molecule has 1 aliphatic heterocycles. The Bertz CT molecular complexity index is 331. The summed E-state index contributed by atoms with van der Waals surface area (Å²) >= 11 is 0. The maximum absolute atomic E-state index is 12.4. The van der Waals surface area contributed by atoms with E-state index >= 15 is 0 Å². The second kappa shape index (κ2) is 4.90. The molecule has 0 radical (unpaired) electrons. The van der Waals surface area contributed by atoms with Gasteiger partial charge in [-0.25, -0.2) is 0 Å². The smallest absolute Gasteiger partial charge is 0.246 e. The van der Waals surface area contributed by atoms with Crippen LogP contribution in [0, 0.1) is 5.41 Å². The Morgan fingerprint density at radius 3 is 2.53 bits per heavy atom. The van der Waals surface area contributed by atoms with E-state index in [2.05, 4.69) is 11.9 Å². The minimum atomic E-state index is -0.458. The van der Waals surface area contributed by atoms with E-state index in [1.807, 2.05) is 27.7 Å². The molecule has 2 amide bonds. The van der Waals surface area contributed by atoms with Crippen molar-refractivity contribution in [3.8, 4) is 0 Å². The van der Waals surface area contributed by atoms with Gasteiger partial charge in [-0.2, -0.15) is 0 Å². The molecule has 0 aromatic heterocycles. The average Bonchev–Trinajstić information content (AvgIpc) is 2.28. The maximum atomic E-state index is 12.4. The van der Waals surface area contributed by atoms with Gasteiger partial charge in [0.15, 0.2) is 0 Å². The Kier molecular flexibility index (Phi) is 3.96. The van der Waals surface area contributed by atoms with Crippen molar-refractivity contribution in [2.24, 2.45) is 5.41 Å². The fourth-order valence-corrected chi connectivity index (χ4v) is 2.04. The lowest BCUT2D eigenvalue weighted by molar-refractivity contribution is -0.137. The van der Waals surface area contributed by atoms with Crippen LogP contribution in [0.25, 0.3) is 0 Å². The van der Waals surface area contributed by atoms with E-state index in [1.54, 1.807) is 11.0 Å². The van der Waals surface area contributed by atoms with E-state index in [-0.39, 0.29) is 23.3 Å². The van der Waals surface area contributed by atoms with Crippen LogP contribution in [0.2, 0.25) is 0 Å². The summed E-state index contributed by atoms with van der Waals surface area (Å²) in [5, 5.41) is 2.82. The first-order chi connectivity index (χ1) is 7.77. The molecule has 1 fully saturated rings. The van der Waals surface area contributed by atoms with Gasteiger partial charge in [0, 0.05) is 19.0 Å². The van der Waals surface area contributed by atoms with Crippen LogP contribution < -0.4 is 5.32 Å². The van der Waals surface area contributed by atoms with Gasteiger partial charge < -0.3 is 10.2 Å². The topological polar surface area (TPSA) is 49.4 Å². The SMILES string of the molecule is C=CCN1C(=O)C(C(C)(C)C)NC(=O)CC1C. The third-order valence-electron chi connectivity index (χ3n) is 3.04. The zero-order valence-electron chi connectivity index (χ0n) is 11.1. The van der Waals surface area contributed by atoms with E-state index in [4.69, 9.17) is 0 Å². The van der Waals surface area contributed by atoms with Crippen LogP contribution in [0.4, 0.5) is 0 Å². The average molecular weight is 238 g/mol. The van der Waals surface area contributed by atoms with E-state index in [0.29, 0.717) is 13.0 Å². The molecule has 2 atom stereocenters. The molecule has 1 heterocycles. The monoisotopic (exact) mass is 238 g/mol. The molecule has 1 aliphatic rings. The molecule has 0 aliphatic carbocycles. The highest BCUT2D eigenvalue weighted by molar-refractivity contribution is 5.91. The van der Waals surface area contributed by atoms with Crippen molar-refractivity contribution in [1.82, 2.24) is 10.2 Å². The van der Waals surface area contributed by atoms with Crippen LogP contribution in [-0.4, -0.2) is 35.3 Å². The first-order valence-corrected chi connectivity index (χ1v) is 5.98. The second-order valence-corrected chi connectivity index (χ2v) is 5.70. The summed E-state index contributed by atoms with van der Waals surface area (Å²) in [5.41, 5.74) is -0.282.